The molecule has 8 nitrogen and oxygen atoms in total. The van der Waals surface area contributed by atoms with Gasteiger partial charge in [-0.2, -0.15) is 0 Å². The highest BCUT2D eigenvalue weighted by Gasteiger charge is 2.16. The average Bonchev–Trinajstić information content (AvgIpc) is 2.82. The van der Waals surface area contributed by atoms with Gasteiger partial charge in [0.05, 0.1) is 18.4 Å². The van der Waals surface area contributed by atoms with Crippen LogP contribution < -0.4 is 10.5 Å². The lowest BCUT2D eigenvalue weighted by molar-refractivity contribution is 0.553. The summed E-state index contributed by atoms with van der Waals surface area (Å²) in [5.74, 6) is 0. The Morgan fingerprint density at radius 1 is 1.39 bits per heavy atom. The summed E-state index contributed by atoms with van der Waals surface area (Å²) in [5, 5.41) is 7.34. The number of anilines is 1. The first-order valence-electron chi connectivity index (χ1n) is 5.13. The molecule has 2 aromatic rings. The molecule has 0 aliphatic rings. The van der Waals surface area contributed by atoms with E-state index in [-0.39, 0.29) is 17.1 Å². The largest absolute Gasteiger partial charge is 0.398 e. The van der Waals surface area contributed by atoms with Crippen LogP contribution >= 0.6 is 0 Å². The average molecular weight is 268 g/mol. The quantitative estimate of drug-likeness (QED) is 0.736. The molecule has 0 unspecified atom stereocenters. The molecule has 0 saturated heterocycles. The van der Waals surface area contributed by atoms with Crippen LogP contribution in [0.15, 0.2) is 35.7 Å². The fraction of sp³-hybridized carbons (Fsp3) is 0.222. The highest BCUT2D eigenvalue weighted by Crippen LogP contribution is 2.14. The third-order valence-corrected chi connectivity index (χ3v) is 3.72. The number of nitrogens with two attached hydrogens (primary N) is 1. The normalized spacial score (nSPS) is 11.6. The number of pyridine rings is 1. The molecule has 0 radical (unpaired) electrons. The predicted octanol–water partition coefficient (Wildman–Crippen LogP) is -0.766. The fourth-order valence-electron chi connectivity index (χ4n) is 1.34. The third kappa shape index (κ3) is 2.81. The van der Waals surface area contributed by atoms with Gasteiger partial charge in [0.25, 0.3) is 0 Å². The highest BCUT2D eigenvalue weighted by molar-refractivity contribution is 7.89. The standard InChI is InChI=1S/C9H12N6O2S/c10-8-1-2-11-7-9(8)18(16,17)13-4-6-15-5-3-12-14-15/h1-3,5,7,13H,4,6H2,(H2,10,11). The van der Waals surface area contributed by atoms with E-state index in [2.05, 4.69) is 20.0 Å². The lowest BCUT2D eigenvalue weighted by Crippen LogP contribution is -2.28. The van der Waals surface area contributed by atoms with Gasteiger partial charge in [0.1, 0.15) is 4.90 Å². The molecule has 0 bridgehead atoms. The van der Waals surface area contributed by atoms with Crippen molar-refractivity contribution in [3.05, 3.63) is 30.9 Å². The number of hydrogen-bond acceptors (Lipinski definition) is 6. The zero-order chi connectivity index (χ0) is 13.0. The summed E-state index contributed by atoms with van der Waals surface area (Å²) < 4.78 is 27.8. The zero-order valence-corrected chi connectivity index (χ0v) is 10.2. The SMILES string of the molecule is Nc1ccncc1S(=O)(=O)NCCn1ccnn1. The summed E-state index contributed by atoms with van der Waals surface area (Å²) in [7, 11) is -3.64. The van der Waals surface area contributed by atoms with Gasteiger partial charge in [0, 0.05) is 25.1 Å². The van der Waals surface area contributed by atoms with Gasteiger partial charge in [-0.25, -0.2) is 13.1 Å². The maximum absolute atomic E-state index is 11.9. The molecule has 0 saturated carbocycles. The molecule has 0 amide bonds. The first kappa shape index (κ1) is 12.5. The summed E-state index contributed by atoms with van der Waals surface area (Å²) >= 11 is 0. The van der Waals surface area contributed by atoms with Crippen molar-refractivity contribution in [1.82, 2.24) is 24.7 Å². The maximum atomic E-state index is 11.9. The van der Waals surface area contributed by atoms with Gasteiger partial charge in [0.15, 0.2) is 0 Å². The van der Waals surface area contributed by atoms with Gasteiger partial charge in [-0.3, -0.25) is 9.67 Å². The van der Waals surface area contributed by atoms with Crippen molar-refractivity contribution in [2.45, 2.75) is 11.4 Å². The number of nitrogen functional groups attached to an aromatic ring is 1. The lowest BCUT2D eigenvalue weighted by atomic mass is 10.4. The second-order valence-electron chi connectivity index (χ2n) is 3.48. The summed E-state index contributed by atoms with van der Waals surface area (Å²) in [4.78, 5) is 3.72. The highest BCUT2D eigenvalue weighted by atomic mass is 32.2. The van der Waals surface area contributed by atoms with Gasteiger partial charge in [-0.15, -0.1) is 5.10 Å². The van der Waals surface area contributed by atoms with E-state index in [9.17, 15) is 8.42 Å². The minimum absolute atomic E-state index is 0.0245. The molecule has 0 fully saturated rings. The van der Waals surface area contributed by atoms with Crippen LogP contribution in [0.3, 0.4) is 0 Å². The van der Waals surface area contributed by atoms with Crippen molar-refractivity contribution in [1.29, 1.82) is 0 Å². The van der Waals surface area contributed by atoms with Crippen molar-refractivity contribution in [2.75, 3.05) is 12.3 Å². The zero-order valence-electron chi connectivity index (χ0n) is 9.39. The predicted molar refractivity (Wildman–Crippen MR) is 63.9 cm³/mol. The van der Waals surface area contributed by atoms with E-state index < -0.39 is 10.0 Å². The molecule has 0 spiro atoms. The van der Waals surface area contributed by atoms with E-state index in [4.69, 9.17) is 5.73 Å². The number of sulfonamides is 1. The van der Waals surface area contributed by atoms with Crippen molar-refractivity contribution in [3.8, 4) is 0 Å². The minimum atomic E-state index is -3.64. The first-order chi connectivity index (χ1) is 8.59. The second-order valence-corrected chi connectivity index (χ2v) is 5.21. The molecular formula is C9H12N6O2S. The minimum Gasteiger partial charge on any atom is -0.398 e. The molecule has 2 rings (SSSR count). The van der Waals surface area contributed by atoms with Gasteiger partial charge < -0.3 is 5.73 Å². The summed E-state index contributed by atoms with van der Waals surface area (Å²) in [6, 6.07) is 1.44. The van der Waals surface area contributed by atoms with Crippen LogP contribution in [0, 0.1) is 0 Å². The molecule has 2 heterocycles. The van der Waals surface area contributed by atoms with Crippen LogP contribution in [0.2, 0.25) is 0 Å². The van der Waals surface area contributed by atoms with E-state index in [1.54, 1.807) is 6.20 Å². The number of rotatable bonds is 5. The van der Waals surface area contributed by atoms with E-state index in [1.807, 2.05) is 0 Å². The van der Waals surface area contributed by atoms with E-state index in [0.717, 1.165) is 0 Å². The lowest BCUT2D eigenvalue weighted by Gasteiger charge is -2.08. The van der Waals surface area contributed by atoms with Crippen LogP contribution in [0.4, 0.5) is 5.69 Å². The molecule has 96 valence electrons. The van der Waals surface area contributed by atoms with Gasteiger partial charge in [-0.05, 0) is 6.07 Å². The van der Waals surface area contributed by atoms with Crippen molar-refractivity contribution in [3.63, 3.8) is 0 Å². The second kappa shape index (κ2) is 5.10. The Morgan fingerprint density at radius 3 is 2.89 bits per heavy atom. The van der Waals surface area contributed by atoms with E-state index in [0.29, 0.717) is 6.54 Å². The maximum Gasteiger partial charge on any atom is 0.244 e. The molecular weight excluding hydrogens is 256 g/mol. The first-order valence-corrected chi connectivity index (χ1v) is 6.61. The third-order valence-electron chi connectivity index (χ3n) is 2.21. The monoisotopic (exact) mass is 268 g/mol. The van der Waals surface area contributed by atoms with Crippen LogP contribution in [0.25, 0.3) is 0 Å². The van der Waals surface area contributed by atoms with Crippen molar-refractivity contribution < 1.29 is 8.42 Å². The Hall–Kier alpha value is -2.00. The van der Waals surface area contributed by atoms with Crippen LogP contribution in [-0.4, -0.2) is 34.9 Å². The molecule has 2 aromatic heterocycles. The topological polar surface area (TPSA) is 116 Å². The van der Waals surface area contributed by atoms with Crippen LogP contribution in [-0.2, 0) is 16.6 Å². The molecule has 0 atom stereocenters. The van der Waals surface area contributed by atoms with Gasteiger partial charge in [-0.1, -0.05) is 5.21 Å². The molecule has 18 heavy (non-hydrogen) atoms. The number of nitrogens with one attached hydrogen (secondary N) is 1. The molecule has 0 aromatic carbocycles. The fourth-order valence-corrected chi connectivity index (χ4v) is 2.43. The van der Waals surface area contributed by atoms with Crippen LogP contribution in [0.5, 0.6) is 0 Å². The Morgan fingerprint density at radius 2 is 2.22 bits per heavy atom. The Bertz CT molecular complexity index is 610. The molecule has 0 aliphatic carbocycles. The summed E-state index contributed by atoms with van der Waals surface area (Å²) in [6.07, 6.45) is 5.82. The van der Waals surface area contributed by atoms with E-state index in [1.165, 1.54) is 29.3 Å². The number of nitrogens with zero attached hydrogens (tertiary/aromatic N) is 4. The molecule has 3 N–H and O–H groups in total. The molecule has 9 heteroatoms. The summed E-state index contributed by atoms with van der Waals surface area (Å²) in [6.45, 7) is 0.583. The van der Waals surface area contributed by atoms with Gasteiger partial charge in [0.2, 0.25) is 10.0 Å². The Balaban J connectivity index is 2.02. The van der Waals surface area contributed by atoms with E-state index >= 15 is 0 Å². The molecule has 0 aliphatic heterocycles. The number of aromatic nitrogens is 4. The van der Waals surface area contributed by atoms with Crippen molar-refractivity contribution >= 4 is 15.7 Å². The summed E-state index contributed by atoms with van der Waals surface area (Å²) in [5.41, 5.74) is 5.75. The Kier molecular flexibility index (Phi) is 3.53. The van der Waals surface area contributed by atoms with Crippen molar-refractivity contribution in [2.24, 2.45) is 0 Å². The number of hydrogen-bond donors (Lipinski definition) is 2. The van der Waals surface area contributed by atoms with Crippen LogP contribution in [0.1, 0.15) is 0 Å². The smallest absolute Gasteiger partial charge is 0.244 e. The van der Waals surface area contributed by atoms with Gasteiger partial charge >= 0.3 is 0 Å². The Labute approximate surface area is 104 Å².